The Morgan fingerprint density at radius 2 is 1.74 bits per heavy atom. The molecule has 1 amide bonds. The fourth-order valence-corrected chi connectivity index (χ4v) is 6.13. The molecular formula is C25H22FN3O3S2. The van der Waals surface area contributed by atoms with Gasteiger partial charge < -0.3 is 0 Å². The van der Waals surface area contributed by atoms with Crippen molar-refractivity contribution < 1.29 is 17.6 Å². The quantitative estimate of drug-likeness (QED) is 0.359. The maximum Gasteiger partial charge on any atom is 0.260 e. The van der Waals surface area contributed by atoms with Crippen molar-refractivity contribution in [2.45, 2.75) is 30.3 Å². The van der Waals surface area contributed by atoms with Crippen LogP contribution in [0.1, 0.15) is 28.8 Å². The first-order chi connectivity index (χ1) is 16.3. The normalized spacial score (nSPS) is 14.0. The lowest BCUT2D eigenvalue weighted by molar-refractivity contribution is 0.0985. The van der Waals surface area contributed by atoms with Crippen LogP contribution in [0.5, 0.6) is 0 Å². The molecule has 0 aliphatic heterocycles. The van der Waals surface area contributed by atoms with Crippen molar-refractivity contribution in [1.29, 1.82) is 0 Å². The van der Waals surface area contributed by atoms with Crippen LogP contribution >= 0.6 is 11.3 Å². The number of para-hydroxylation sites is 1. The Morgan fingerprint density at radius 1 is 1.03 bits per heavy atom. The smallest absolute Gasteiger partial charge is 0.260 e. The van der Waals surface area contributed by atoms with E-state index in [1.165, 1.54) is 50.9 Å². The third-order valence-electron chi connectivity index (χ3n) is 5.86. The number of anilines is 1. The van der Waals surface area contributed by atoms with Crippen molar-refractivity contribution in [3.05, 3.63) is 89.7 Å². The predicted octanol–water partition coefficient (Wildman–Crippen LogP) is 5.07. The van der Waals surface area contributed by atoms with Crippen molar-refractivity contribution in [3.63, 3.8) is 0 Å². The molecule has 0 bridgehead atoms. The molecule has 0 saturated heterocycles. The number of thiazole rings is 1. The third-order valence-corrected chi connectivity index (χ3v) is 8.83. The molecule has 174 valence electrons. The minimum atomic E-state index is -3.60. The van der Waals surface area contributed by atoms with Crippen molar-refractivity contribution in [2.75, 3.05) is 11.9 Å². The van der Waals surface area contributed by atoms with Crippen LogP contribution in [0, 0.1) is 5.82 Å². The van der Waals surface area contributed by atoms with Crippen LogP contribution in [-0.4, -0.2) is 36.7 Å². The summed E-state index contributed by atoms with van der Waals surface area (Å²) >= 11 is 1.23. The van der Waals surface area contributed by atoms with Gasteiger partial charge in [0.1, 0.15) is 11.3 Å². The van der Waals surface area contributed by atoms with Gasteiger partial charge in [0, 0.05) is 18.7 Å². The van der Waals surface area contributed by atoms with Gasteiger partial charge in [0.25, 0.3) is 5.91 Å². The molecule has 0 spiro atoms. The molecule has 0 atom stereocenters. The Hall–Kier alpha value is -3.14. The molecule has 5 rings (SSSR count). The highest BCUT2D eigenvalue weighted by Crippen LogP contribution is 2.33. The fraction of sp³-hybridized carbons (Fsp3) is 0.200. The molecule has 4 aromatic rings. The van der Waals surface area contributed by atoms with E-state index in [9.17, 15) is 17.6 Å². The Labute approximate surface area is 201 Å². The topological polar surface area (TPSA) is 70.6 Å². The van der Waals surface area contributed by atoms with Gasteiger partial charge in [-0.1, -0.05) is 47.7 Å². The Balaban J connectivity index is 1.49. The first kappa shape index (κ1) is 22.6. The number of benzene rings is 3. The largest absolute Gasteiger partial charge is 0.279 e. The van der Waals surface area contributed by atoms with Crippen LogP contribution in [0.25, 0.3) is 10.2 Å². The number of sulfonamides is 1. The van der Waals surface area contributed by atoms with Gasteiger partial charge in [-0.15, -0.1) is 0 Å². The van der Waals surface area contributed by atoms with Gasteiger partial charge in [0.2, 0.25) is 10.0 Å². The number of rotatable bonds is 7. The van der Waals surface area contributed by atoms with Crippen LogP contribution in [0.15, 0.2) is 77.7 Å². The summed E-state index contributed by atoms with van der Waals surface area (Å²) in [7, 11) is -2.02. The number of aromatic nitrogens is 1. The van der Waals surface area contributed by atoms with Crippen molar-refractivity contribution in [1.82, 2.24) is 9.29 Å². The summed E-state index contributed by atoms with van der Waals surface area (Å²) in [5.41, 5.74) is 1.43. The first-order valence-electron chi connectivity index (χ1n) is 10.8. The second-order valence-electron chi connectivity index (χ2n) is 8.24. The maximum atomic E-state index is 14.3. The zero-order chi connectivity index (χ0) is 23.9. The average Bonchev–Trinajstić information content (AvgIpc) is 3.61. The van der Waals surface area contributed by atoms with Crippen LogP contribution in [-0.2, 0) is 16.6 Å². The van der Waals surface area contributed by atoms with E-state index in [1.807, 2.05) is 30.3 Å². The molecule has 3 aromatic carbocycles. The average molecular weight is 496 g/mol. The van der Waals surface area contributed by atoms with Gasteiger partial charge in [-0.25, -0.2) is 17.8 Å². The second-order valence-corrected chi connectivity index (χ2v) is 11.2. The summed E-state index contributed by atoms with van der Waals surface area (Å²) in [6, 6.07) is 20.2. The van der Waals surface area contributed by atoms with Crippen molar-refractivity contribution >= 4 is 42.6 Å². The van der Waals surface area contributed by atoms with Crippen molar-refractivity contribution in [2.24, 2.45) is 0 Å². The number of hydrogen-bond donors (Lipinski definition) is 0. The van der Waals surface area contributed by atoms with Gasteiger partial charge in [-0.3, -0.25) is 9.69 Å². The monoisotopic (exact) mass is 495 g/mol. The lowest BCUT2D eigenvalue weighted by atomic mass is 10.1. The molecule has 0 radical (unpaired) electrons. The highest BCUT2D eigenvalue weighted by molar-refractivity contribution is 7.89. The van der Waals surface area contributed by atoms with Gasteiger partial charge in [0.15, 0.2) is 5.13 Å². The van der Waals surface area contributed by atoms with E-state index in [4.69, 9.17) is 0 Å². The number of fused-ring (bicyclic) bond motifs is 1. The van der Waals surface area contributed by atoms with Gasteiger partial charge in [-0.2, -0.15) is 4.31 Å². The summed E-state index contributed by atoms with van der Waals surface area (Å²) in [4.78, 5) is 19.6. The van der Waals surface area contributed by atoms with Crippen molar-refractivity contribution in [3.8, 4) is 0 Å². The molecule has 9 heteroatoms. The summed E-state index contributed by atoms with van der Waals surface area (Å²) in [5, 5.41) is 0.374. The number of hydrogen-bond acceptors (Lipinski definition) is 5. The number of carbonyl (C=O) groups excluding carboxylic acids is 1. The number of nitrogens with zero attached hydrogens (tertiary/aromatic N) is 3. The van der Waals surface area contributed by atoms with E-state index in [0.717, 1.165) is 18.4 Å². The highest BCUT2D eigenvalue weighted by atomic mass is 32.2. The van der Waals surface area contributed by atoms with Crippen LogP contribution in [0.3, 0.4) is 0 Å². The standard InChI is InChI=1S/C25H22FN3O3S2/c1-28(19-12-13-19)34(31,32)20-14-10-18(11-15-20)24(30)29(16-17-6-3-2-4-7-17)25-27-23-21(26)8-5-9-22(23)33-25/h2-11,14-15,19H,12-13,16H2,1H3. The zero-order valence-electron chi connectivity index (χ0n) is 18.4. The molecule has 1 aliphatic carbocycles. The van der Waals surface area contributed by atoms with E-state index < -0.39 is 15.8 Å². The molecule has 6 nitrogen and oxygen atoms in total. The van der Waals surface area contributed by atoms with E-state index in [2.05, 4.69) is 4.98 Å². The fourth-order valence-electron chi connectivity index (χ4n) is 3.74. The second kappa shape index (κ2) is 8.90. The molecule has 1 saturated carbocycles. The molecule has 1 fully saturated rings. The van der Waals surface area contributed by atoms with Crippen LogP contribution in [0.4, 0.5) is 9.52 Å². The molecular weight excluding hydrogens is 473 g/mol. The zero-order valence-corrected chi connectivity index (χ0v) is 20.0. The molecule has 1 aromatic heterocycles. The first-order valence-corrected chi connectivity index (χ1v) is 13.1. The van der Waals surface area contributed by atoms with E-state index in [1.54, 1.807) is 19.2 Å². The van der Waals surface area contributed by atoms with E-state index >= 15 is 0 Å². The Morgan fingerprint density at radius 3 is 2.38 bits per heavy atom. The van der Waals surface area contributed by atoms with Gasteiger partial charge in [-0.05, 0) is 54.8 Å². The minimum Gasteiger partial charge on any atom is -0.279 e. The molecule has 34 heavy (non-hydrogen) atoms. The Bertz CT molecular complexity index is 1450. The van der Waals surface area contributed by atoms with Crippen LogP contribution in [0.2, 0.25) is 0 Å². The maximum absolute atomic E-state index is 14.3. The summed E-state index contributed by atoms with van der Waals surface area (Å²) in [6.07, 6.45) is 1.73. The lowest BCUT2D eigenvalue weighted by Gasteiger charge is -2.21. The van der Waals surface area contributed by atoms with Crippen LogP contribution < -0.4 is 4.90 Å². The predicted molar refractivity (Wildman–Crippen MR) is 131 cm³/mol. The van der Waals surface area contributed by atoms with Gasteiger partial charge in [0.05, 0.1) is 16.1 Å². The summed E-state index contributed by atoms with van der Waals surface area (Å²) in [6.45, 7) is 0.242. The van der Waals surface area contributed by atoms with E-state index in [0.29, 0.717) is 15.4 Å². The number of halogens is 1. The molecule has 1 heterocycles. The highest BCUT2D eigenvalue weighted by Gasteiger charge is 2.35. The number of amides is 1. The minimum absolute atomic E-state index is 0.0482. The van der Waals surface area contributed by atoms with Gasteiger partial charge >= 0.3 is 0 Å². The molecule has 0 N–H and O–H groups in total. The molecule has 1 aliphatic rings. The number of carbonyl (C=O) groups is 1. The lowest BCUT2D eigenvalue weighted by Crippen LogP contribution is -2.31. The Kier molecular flexibility index (Phi) is 5.93. The SMILES string of the molecule is CN(C1CC1)S(=O)(=O)c1ccc(C(=O)N(Cc2ccccc2)c2nc3c(F)cccc3s2)cc1. The third kappa shape index (κ3) is 4.34. The van der Waals surface area contributed by atoms with E-state index in [-0.39, 0.29) is 28.9 Å². The summed E-state index contributed by atoms with van der Waals surface area (Å²) < 4.78 is 41.9. The molecule has 0 unspecified atom stereocenters. The summed E-state index contributed by atoms with van der Waals surface area (Å²) in [5.74, 6) is -0.788.